The molecule has 0 saturated carbocycles. The van der Waals surface area contributed by atoms with Crippen LogP contribution in [0.25, 0.3) is 0 Å². The average molecular weight is 324 g/mol. The van der Waals surface area contributed by atoms with Crippen molar-refractivity contribution in [1.29, 1.82) is 0 Å². The molecule has 0 aliphatic carbocycles. The number of piperidine rings is 1. The van der Waals surface area contributed by atoms with E-state index in [0.717, 1.165) is 13.1 Å². The lowest BCUT2D eigenvalue weighted by molar-refractivity contribution is 0.136. The Labute approximate surface area is 144 Å². The molecular weight excluding hydrogens is 296 g/mol. The Morgan fingerprint density at radius 1 is 1.12 bits per heavy atom. The summed E-state index contributed by atoms with van der Waals surface area (Å²) >= 11 is 0. The predicted molar refractivity (Wildman–Crippen MR) is 98.1 cm³/mol. The zero-order valence-electron chi connectivity index (χ0n) is 14.7. The molecule has 4 rings (SSSR count). The maximum Gasteiger partial charge on any atom is 0.127 e. The normalized spacial score (nSPS) is 21.8. The van der Waals surface area contributed by atoms with E-state index in [9.17, 15) is 0 Å². The molecule has 1 unspecified atom stereocenters. The third-order valence-corrected chi connectivity index (χ3v) is 5.48. The van der Waals surface area contributed by atoms with Gasteiger partial charge in [0.15, 0.2) is 0 Å². The number of fused-ring (bicyclic) bond motifs is 1. The molecule has 2 aliphatic heterocycles. The van der Waals surface area contributed by atoms with Gasteiger partial charge in [-0.2, -0.15) is 5.10 Å². The Morgan fingerprint density at radius 3 is 2.88 bits per heavy atom. The van der Waals surface area contributed by atoms with Gasteiger partial charge < -0.3 is 5.32 Å². The first-order valence-electron chi connectivity index (χ1n) is 9.40. The van der Waals surface area contributed by atoms with Gasteiger partial charge in [-0.05, 0) is 44.2 Å². The summed E-state index contributed by atoms with van der Waals surface area (Å²) in [6.07, 6.45) is 7.54. The highest BCUT2D eigenvalue weighted by atomic mass is 15.3. The molecule has 0 spiro atoms. The Hall–Kier alpha value is -1.81. The number of hydrogen-bond acceptors (Lipinski definition) is 3. The third kappa shape index (κ3) is 3.07. The van der Waals surface area contributed by atoms with Gasteiger partial charge in [0.25, 0.3) is 0 Å². The SMILES string of the molecule is Cn1nc(C2CCCCN2Cc2ccccc2)c2c1NCCCC2. The molecule has 24 heavy (non-hydrogen) atoms. The van der Waals surface area contributed by atoms with Crippen LogP contribution in [-0.2, 0) is 20.0 Å². The number of benzene rings is 1. The number of hydrogen-bond donors (Lipinski definition) is 1. The van der Waals surface area contributed by atoms with Crippen molar-refractivity contribution in [1.82, 2.24) is 14.7 Å². The number of rotatable bonds is 3. The van der Waals surface area contributed by atoms with Crippen LogP contribution in [0.1, 0.15) is 55.0 Å². The van der Waals surface area contributed by atoms with Crippen molar-refractivity contribution in [3.8, 4) is 0 Å². The van der Waals surface area contributed by atoms with Crippen LogP contribution < -0.4 is 5.32 Å². The lowest BCUT2D eigenvalue weighted by Gasteiger charge is -2.35. The second kappa shape index (κ2) is 6.98. The van der Waals surface area contributed by atoms with Gasteiger partial charge >= 0.3 is 0 Å². The van der Waals surface area contributed by atoms with Crippen molar-refractivity contribution in [2.24, 2.45) is 7.05 Å². The summed E-state index contributed by atoms with van der Waals surface area (Å²) in [4.78, 5) is 2.65. The van der Waals surface area contributed by atoms with E-state index in [-0.39, 0.29) is 0 Å². The molecule has 1 atom stereocenters. The topological polar surface area (TPSA) is 33.1 Å². The van der Waals surface area contributed by atoms with Gasteiger partial charge in [0, 0.05) is 25.7 Å². The molecule has 1 aromatic carbocycles. The first-order chi connectivity index (χ1) is 11.8. The molecule has 1 aromatic heterocycles. The maximum atomic E-state index is 4.96. The van der Waals surface area contributed by atoms with Gasteiger partial charge in [-0.1, -0.05) is 36.8 Å². The first kappa shape index (κ1) is 15.7. The van der Waals surface area contributed by atoms with Crippen LogP contribution in [0.4, 0.5) is 5.82 Å². The predicted octanol–water partition coefficient (Wildman–Crippen LogP) is 3.90. The Balaban J connectivity index is 1.63. The van der Waals surface area contributed by atoms with Gasteiger partial charge in [-0.25, -0.2) is 0 Å². The molecule has 0 radical (unpaired) electrons. The molecule has 4 nitrogen and oxygen atoms in total. The van der Waals surface area contributed by atoms with Crippen LogP contribution in [-0.4, -0.2) is 27.8 Å². The van der Waals surface area contributed by atoms with Crippen LogP contribution in [0.5, 0.6) is 0 Å². The Bertz CT molecular complexity index is 676. The summed E-state index contributed by atoms with van der Waals surface area (Å²) in [5.41, 5.74) is 4.21. The highest BCUT2D eigenvalue weighted by molar-refractivity contribution is 5.49. The molecule has 0 bridgehead atoms. The second-order valence-electron chi connectivity index (χ2n) is 7.19. The van der Waals surface area contributed by atoms with Crippen molar-refractivity contribution >= 4 is 5.82 Å². The van der Waals surface area contributed by atoms with E-state index in [1.54, 1.807) is 0 Å². The molecule has 3 heterocycles. The minimum atomic E-state index is 0.466. The van der Waals surface area contributed by atoms with Crippen LogP contribution >= 0.6 is 0 Å². The van der Waals surface area contributed by atoms with E-state index in [2.05, 4.69) is 52.3 Å². The molecule has 4 heteroatoms. The molecule has 0 amide bonds. The first-order valence-corrected chi connectivity index (χ1v) is 9.40. The molecule has 2 aromatic rings. The van der Waals surface area contributed by atoms with Crippen LogP contribution in [0.2, 0.25) is 0 Å². The van der Waals surface area contributed by atoms with E-state index in [1.165, 1.54) is 67.7 Å². The van der Waals surface area contributed by atoms with E-state index < -0.39 is 0 Å². The number of likely N-dealkylation sites (tertiary alicyclic amines) is 1. The smallest absolute Gasteiger partial charge is 0.127 e. The quantitative estimate of drug-likeness (QED) is 0.929. The van der Waals surface area contributed by atoms with E-state index >= 15 is 0 Å². The number of nitrogens with zero attached hydrogens (tertiary/aromatic N) is 3. The standard InChI is InChI=1S/C20H28N4/c1-23-20-17(11-5-7-13-21-20)19(22-23)18-12-6-8-14-24(18)15-16-9-3-2-4-10-16/h2-4,9-10,18,21H,5-8,11-15H2,1H3. The van der Waals surface area contributed by atoms with Gasteiger partial charge in [-0.15, -0.1) is 0 Å². The van der Waals surface area contributed by atoms with Crippen molar-refractivity contribution < 1.29 is 0 Å². The Morgan fingerprint density at radius 2 is 2.00 bits per heavy atom. The van der Waals surface area contributed by atoms with Gasteiger partial charge in [0.05, 0.1) is 11.7 Å². The second-order valence-corrected chi connectivity index (χ2v) is 7.19. The summed E-state index contributed by atoms with van der Waals surface area (Å²) in [7, 11) is 2.09. The van der Waals surface area contributed by atoms with Crippen molar-refractivity contribution in [3.63, 3.8) is 0 Å². The fourth-order valence-corrected chi connectivity index (χ4v) is 4.27. The van der Waals surface area contributed by atoms with Gasteiger partial charge in [0.2, 0.25) is 0 Å². The molecular formula is C20H28N4. The van der Waals surface area contributed by atoms with Gasteiger partial charge in [0.1, 0.15) is 5.82 Å². The zero-order valence-corrected chi connectivity index (χ0v) is 14.7. The lowest BCUT2D eigenvalue weighted by Crippen LogP contribution is -2.33. The summed E-state index contributed by atoms with van der Waals surface area (Å²) < 4.78 is 2.07. The minimum absolute atomic E-state index is 0.466. The number of anilines is 1. The molecule has 1 fully saturated rings. The largest absolute Gasteiger partial charge is 0.370 e. The van der Waals surface area contributed by atoms with Crippen molar-refractivity contribution in [2.45, 2.75) is 51.1 Å². The van der Waals surface area contributed by atoms with Gasteiger partial charge in [-0.3, -0.25) is 9.58 Å². The monoisotopic (exact) mass is 324 g/mol. The number of aryl methyl sites for hydroxylation is 1. The van der Waals surface area contributed by atoms with E-state index in [4.69, 9.17) is 5.10 Å². The summed E-state index contributed by atoms with van der Waals surface area (Å²) in [5, 5.41) is 8.56. The molecule has 1 saturated heterocycles. The average Bonchev–Trinajstić information content (AvgIpc) is 2.78. The van der Waals surface area contributed by atoms with Crippen molar-refractivity contribution in [3.05, 3.63) is 47.2 Å². The van der Waals surface area contributed by atoms with Crippen LogP contribution in [0, 0.1) is 0 Å². The zero-order chi connectivity index (χ0) is 16.4. The van der Waals surface area contributed by atoms with Crippen molar-refractivity contribution in [2.75, 3.05) is 18.4 Å². The molecule has 128 valence electrons. The Kier molecular flexibility index (Phi) is 4.56. The fourth-order valence-electron chi connectivity index (χ4n) is 4.27. The molecule has 1 N–H and O–H groups in total. The highest BCUT2D eigenvalue weighted by Crippen LogP contribution is 2.37. The maximum absolute atomic E-state index is 4.96. The van der Waals surface area contributed by atoms with E-state index in [1.807, 2.05) is 0 Å². The third-order valence-electron chi connectivity index (χ3n) is 5.48. The minimum Gasteiger partial charge on any atom is -0.370 e. The summed E-state index contributed by atoms with van der Waals surface area (Å²) in [6.45, 7) is 3.28. The lowest BCUT2D eigenvalue weighted by atomic mass is 9.94. The van der Waals surface area contributed by atoms with Crippen LogP contribution in [0.3, 0.4) is 0 Å². The summed E-state index contributed by atoms with van der Waals surface area (Å²) in [5.74, 6) is 1.26. The van der Waals surface area contributed by atoms with Crippen LogP contribution in [0.15, 0.2) is 30.3 Å². The summed E-state index contributed by atoms with van der Waals surface area (Å²) in [6, 6.07) is 11.3. The number of nitrogens with one attached hydrogen (secondary N) is 1. The fraction of sp³-hybridized carbons (Fsp3) is 0.550. The van der Waals surface area contributed by atoms with E-state index in [0.29, 0.717) is 6.04 Å². The highest BCUT2D eigenvalue weighted by Gasteiger charge is 2.30. The number of aromatic nitrogens is 2. The molecule has 2 aliphatic rings.